The highest BCUT2D eigenvalue weighted by atomic mass is 16.3. The van der Waals surface area contributed by atoms with Gasteiger partial charge < -0.3 is 9.73 Å². The number of anilines is 1. The molecule has 3 aromatic rings. The van der Waals surface area contributed by atoms with Crippen LogP contribution >= 0.6 is 0 Å². The topological polar surface area (TPSA) is 45.5 Å². The third-order valence-corrected chi connectivity index (χ3v) is 4.79. The normalized spacial score (nSPS) is 12.5. The van der Waals surface area contributed by atoms with Gasteiger partial charge in [0.25, 0.3) is 0 Å². The molecule has 0 aliphatic heterocycles. The number of carbonyl (C=O) groups excluding carboxylic acids is 1. The lowest BCUT2D eigenvalue weighted by molar-refractivity contribution is -0.117. The fourth-order valence-electron chi connectivity index (χ4n) is 2.87. The van der Waals surface area contributed by atoms with E-state index < -0.39 is 0 Å². The Bertz CT molecular complexity index is 865. The molecule has 0 saturated heterocycles. The second kappa shape index (κ2) is 7.11. The molecule has 4 nitrogen and oxygen atoms in total. The van der Waals surface area contributed by atoms with Gasteiger partial charge in [-0.2, -0.15) is 0 Å². The molecule has 3 rings (SSSR count). The first-order valence-electron chi connectivity index (χ1n) is 8.50. The summed E-state index contributed by atoms with van der Waals surface area (Å²) in [4.78, 5) is 14.4. The van der Waals surface area contributed by atoms with Gasteiger partial charge in [0.15, 0.2) is 0 Å². The van der Waals surface area contributed by atoms with Gasteiger partial charge >= 0.3 is 0 Å². The minimum atomic E-state index is -0.0286. The van der Waals surface area contributed by atoms with Crippen molar-refractivity contribution in [2.45, 2.75) is 26.8 Å². The maximum absolute atomic E-state index is 12.4. The number of hydrogen-bond donors (Lipinski definition) is 1. The fourth-order valence-corrected chi connectivity index (χ4v) is 2.87. The van der Waals surface area contributed by atoms with Crippen molar-refractivity contribution in [1.82, 2.24) is 4.90 Å². The molecule has 0 spiro atoms. The molecule has 4 heteroatoms. The average molecular weight is 336 g/mol. The third kappa shape index (κ3) is 3.74. The zero-order chi connectivity index (χ0) is 18.0. The van der Waals surface area contributed by atoms with Crippen molar-refractivity contribution in [3.8, 4) is 0 Å². The van der Waals surface area contributed by atoms with Crippen LogP contribution in [0.2, 0.25) is 0 Å². The smallest absolute Gasteiger partial charge is 0.238 e. The minimum Gasteiger partial charge on any atom is -0.459 e. The highest BCUT2D eigenvalue weighted by Crippen LogP contribution is 2.26. The zero-order valence-electron chi connectivity index (χ0n) is 15.2. The maximum Gasteiger partial charge on any atom is 0.238 e. The number of carbonyl (C=O) groups is 1. The van der Waals surface area contributed by atoms with Gasteiger partial charge in [0, 0.05) is 11.1 Å². The molecule has 130 valence electrons. The van der Waals surface area contributed by atoms with E-state index in [9.17, 15) is 4.79 Å². The Hall–Kier alpha value is -2.59. The third-order valence-electron chi connectivity index (χ3n) is 4.79. The molecule has 0 aliphatic carbocycles. The van der Waals surface area contributed by atoms with Gasteiger partial charge in [-0.05, 0) is 57.1 Å². The Labute approximate surface area is 148 Å². The first-order chi connectivity index (χ1) is 12.0. The number of benzene rings is 2. The first kappa shape index (κ1) is 17.2. The van der Waals surface area contributed by atoms with Crippen LogP contribution < -0.4 is 5.32 Å². The van der Waals surface area contributed by atoms with E-state index in [0.29, 0.717) is 6.54 Å². The fraction of sp³-hybridized carbons (Fsp3) is 0.286. The summed E-state index contributed by atoms with van der Waals surface area (Å²) in [6.07, 6.45) is 0. The lowest BCUT2D eigenvalue weighted by Crippen LogP contribution is -2.32. The van der Waals surface area contributed by atoms with E-state index in [1.54, 1.807) is 0 Å². The Morgan fingerprint density at radius 1 is 1.16 bits per heavy atom. The van der Waals surface area contributed by atoms with Crippen LogP contribution in [0.1, 0.15) is 29.9 Å². The maximum atomic E-state index is 12.4. The highest BCUT2D eigenvalue weighted by molar-refractivity contribution is 5.93. The summed E-state index contributed by atoms with van der Waals surface area (Å²) in [6, 6.07) is 15.9. The summed E-state index contributed by atoms with van der Waals surface area (Å²) in [7, 11) is 1.93. The Kier molecular flexibility index (Phi) is 4.91. The first-order valence-corrected chi connectivity index (χ1v) is 8.50. The zero-order valence-corrected chi connectivity index (χ0v) is 15.2. The molecule has 1 N–H and O–H groups in total. The van der Waals surface area contributed by atoms with Crippen molar-refractivity contribution in [1.29, 1.82) is 0 Å². The van der Waals surface area contributed by atoms with Crippen molar-refractivity contribution in [3.05, 3.63) is 65.4 Å². The van der Waals surface area contributed by atoms with E-state index in [4.69, 9.17) is 4.42 Å². The van der Waals surface area contributed by atoms with E-state index in [0.717, 1.165) is 28.0 Å². The van der Waals surface area contributed by atoms with Gasteiger partial charge in [0.2, 0.25) is 5.91 Å². The van der Waals surface area contributed by atoms with E-state index in [1.165, 1.54) is 5.56 Å². The molecule has 0 saturated carbocycles. The number of likely N-dealkylation sites (N-methyl/N-ethyl adjacent to an activating group) is 1. The molecule has 2 aromatic carbocycles. The molecular formula is C21H24N2O2. The number of hydrogen-bond acceptors (Lipinski definition) is 3. The highest BCUT2D eigenvalue weighted by Gasteiger charge is 2.19. The number of aryl methyl sites for hydroxylation is 1. The SMILES string of the molecule is Cc1cccc(NC(=O)CN(C)C(C)c2cc3ccccc3o2)c1C. The molecule has 0 bridgehead atoms. The van der Waals surface area contributed by atoms with Gasteiger partial charge in [-0.15, -0.1) is 0 Å². The number of furan rings is 1. The summed E-state index contributed by atoms with van der Waals surface area (Å²) < 4.78 is 5.91. The molecule has 0 radical (unpaired) electrons. The largest absolute Gasteiger partial charge is 0.459 e. The van der Waals surface area contributed by atoms with Gasteiger partial charge in [-0.3, -0.25) is 9.69 Å². The molecule has 1 heterocycles. The summed E-state index contributed by atoms with van der Waals surface area (Å²) in [6.45, 7) is 6.40. The van der Waals surface area contributed by atoms with Crippen molar-refractivity contribution in [2.24, 2.45) is 0 Å². The Morgan fingerprint density at radius 2 is 1.92 bits per heavy atom. The average Bonchev–Trinajstić information content (AvgIpc) is 3.02. The number of nitrogens with zero attached hydrogens (tertiary/aromatic N) is 1. The lowest BCUT2D eigenvalue weighted by Gasteiger charge is -2.22. The second-order valence-electron chi connectivity index (χ2n) is 6.57. The van der Waals surface area contributed by atoms with E-state index in [2.05, 4.69) is 5.32 Å². The van der Waals surface area contributed by atoms with Crippen LogP contribution in [-0.4, -0.2) is 24.4 Å². The molecule has 1 atom stereocenters. The van der Waals surface area contributed by atoms with Crippen LogP contribution in [-0.2, 0) is 4.79 Å². The molecular weight excluding hydrogens is 312 g/mol. The Balaban J connectivity index is 1.67. The van der Waals surface area contributed by atoms with Crippen LogP contribution in [0, 0.1) is 13.8 Å². The monoisotopic (exact) mass is 336 g/mol. The lowest BCUT2D eigenvalue weighted by atomic mass is 10.1. The summed E-state index contributed by atoms with van der Waals surface area (Å²) >= 11 is 0. The molecule has 1 amide bonds. The predicted octanol–water partition coefficient (Wildman–Crippen LogP) is 4.68. The van der Waals surface area contributed by atoms with Crippen molar-refractivity contribution in [3.63, 3.8) is 0 Å². The second-order valence-corrected chi connectivity index (χ2v) is 6.57. The van der Waals surface area contributed by atoms with Crippen LogP contribution in [0.4, 0.5) is 5.69 Å². The van der Waals surface area contributed by atoms with E-state index in [-0.39, 0.29) is 11.9 Å². The van der Waals surface area contributed by atoms with Gasteiger partial charge in [0.05, 0.1) is 12.6 Å². The van der Waals surface area contributed by atoms with Crippen molar-refractivity contribution >= 4 is 22.6 Å². The number of fused-ring (bicyclic) bond motifs is 1. The van der Waals surface area contributed by atoms with E-state index >= 15 is 0 Å². The number of rotatable bonds is 5. The number of para-hydroxylation sites is 1. The van der Waals surface area contributed by atoms with Gasteiger partial charge in [-0.1, -0.05) is 30.3 Å². The molecule has 0 aliphatic rings. The summed E-state index contributed by atoms with van der Waals surface area (Å²) in [5, 5.41) is 4.08. The Morgan fingerprint density at radius 3 is 2.68 bits per heavy atom. The van der Waals surface area contributed by atoms with Crippen LogP contribution in [0.3, 0.4) is 0 Å². The molecule has 1 aromatic heterocycles. The number of amides is 1. The van der Waals surface area contributed by atoms with Crippen LogP contribution in [0.25, 0.3) is 11.0 Å². The quantitative estimate of drug-likeness (QED) is 0.736. The minimum absolute atomic E-state index is 0.0109. The van der Waals surface area contributed by atoms with Crippen LogP contribution in [0.15, 0.2) is 52.9 Å². The van der Waals surface area contributed by atoms with E-state index in [1.807, 2.05) is 81.2 Å². The van der Waals surface area contributed by atoms with Gasteiger partial charge in [-0.25, -0.2) is 0 Å². The van der Waals surface area contributed by atoms with Crippen molar-refractivity contribution < 1.29 is 9.21 Å². The standard InChI is InChI=1S/C21H24N2O2/c1-14-8-7-10-18(15(14)2)22-21(24)13-23(4)16(3)20-12-17-9-5-6-11-19(17)25-20/h5-12,16H,13H2,1-4H3,(H,22,24). The molecule has 1 unspecified atom stereocenters. The number of nitrogens with one attached hydrogen (secondary N) is 1. The summed E-state index contributed by atoms with van der Waals surface area (Å²) in [5.41, 5.74) is 4.01. The predicted molar refractivity (Wildman–Crippen MR) is 102 cm³/mol. The van der Waals surface area contributed by atoms with Crippen LogP contribution in [0.5, 0.6) is 0 Å². The van der Waals surface area contributed by atoms with Gasteiger partial charge in [0.1, 0.15) is 11.3 Å². The van der Waals surface area contributed by atoms with Crippen molar-refractivity contribution in [2.75, 3.05) is 18.9 Å². The summed E-state index contributed by atoms with van der Waals surface area (Å²) in [5.74, 6) is 0.836. The molecule has 25 heavy (non-hydrogen) atoms. The molecule has 0 fully saturated rings.